The van der Waals surface area contributed by atoms with Crippen molar-refractivity contribution in [2.75, 3.05) is 0 Å². The predicted molar refractivity (Wildman–Crippen MR) is 59.7 cm³/mol. The summed E-state index contributed by atoms with van der Waals surface area (Å²) in [5.74, 6) is 0.374. The molecule has 1 heterocycles. The highest BCUT2D eigenvalue weighted by Crippen LogP contribution is 2.51. The molecule has 15 heavy (non-hydrogen) atoms. The number of carbonyl (C=O) groups is 1. The van der Waals surface area contributed by atoms with Gasteiger partial charge in [-0.15, -0.1) is 0 Å². The molecule has 0 aromatic carbocycles. The summed E-state index contributed by atoms with van der Waals surface area (Å²) in [4.78, 5) is 11.9. The fourth-order valence-electron chi connectivity index (χ4n) is 3.29. The van der Waals surface area contributed by atoms with E-state index in [4.69, 9.17) is 4.74 Å². The molecule has 1 aliphatic heterocycles. The van der Waals surface area contributed by atoms with Gasteiger partial charge in [-0.2, -0.15) is 0 Å². The third kappa shape index (κ3) is 1.63. The normalized spacial score (nSPS) is 44.9. The highest BCUT2D eigenvalue weighted by Gasteiger charge is 2.53. The number of Topliss-reactive ketones (excluding diaryl/α,β-unsaturated/α-hetero) is 1. The third-order valence-corrected chi connectivity index (χ3v) is 4.42. The number of ether oxygens (including phenoxy) is 1. The molecular formula is C13H22O2. The first-order chi connectivity index (χ1) is 6.86. The molecule has 0 N–H and O–H groups in total. The maximum Gasteiger partial charge on any atom is 0.141 e. The monoisotopic (exact) mass is 210 g/mol. The van der Waals surface area contributed by atoms with E-state index in [1.807, 2.05) is 0 Å². The Hall–Kier alpha value is -0.370. The van der Waals surface area contributed by atoms with Crippen LogP contribution in [0.2, 0.25) is 0 Å². The van der Waals surface area contributed by atoms with E-state index >= 15 is 0 Å². The number of hydrogen-bond acceptors (Lipinski definition) is 2. The molecule has 0 amide bonds. The van der Waals surface area contributed by atoms with E-state index in [2.05, 4.69) is 27.7 Å². The Morgan fingerprint density at radius 3 is 2.60 bits per heavy atom. The number of hydrogen-bond donors (Lipinski definition) is 0. The third-order valence-electron chi connectivity index (χ3n) is 4.42. The minimum absolute atomic E-state index is 0.120. The zero-order valence-corrected chi connectivity index (χ0v) is 10.3. The first-order valence-corrected chi connectivity index (χ1v) is 6.05. The molecule has 2 nitrogen and oxygen atoms in total. The van der Waals surface area contributed by atoms with Crippen LogP contribution in [0, 0.1) is 10.8 Å². The maximum absolute atomic E-state index is 11.9. The first kappa shape index (κ1) is 11.1. The fraction of sp³-hybridized carbons (Fsp3) is 0.923. The number of carbonyl (C=O) groups excluding carboxylic acids is 1. The lowest BCUT2D eigenvalue weighted by Crippen LogP contribution is -2.56. The van der Waals surface area contributed by atoms with Gasteiger partial charge < -0.3 is 4.74 Å². The Balaban J connectivity index is 2.30. The van der Waals surface area contributed by atoms with Gasteiger partial charge in [0.2, 0.25) is 0 Å². The summed E-state index contributed by atoms with van der Waals surface area (Å²) in [7, 11) is 0. The van der Waals surface area contributed by atoms with Crippen LogP contribution < -0.4 is 0 Å². The molecule has 1 saturated carbocycles. The van der Waals surface area contributed by atoms with Crippen molar-refractivity contribution in [1.82, 2.24) is 0 Å². The van der Waals surface area contributed by atoms with Crippen LogP contribution >= 0.6 is 0 Å². The molecule has 3 atom stereocenters. The molecule has 86 valence electrons. The van der Waals surface area contributed by atoms with Crippen LogP contribution in [0.25, 0.3) is 0 Å². The zero-order valence-electron chi connectivity index (χ0n) is 10.3. The summed E-state index contributed by atoms with van der Waals surface area (Å²) in [5.41, 5.74) is -0.0639. The van der Waals surface area contributed by atoms with E-state index in [9.17, 15) is 4.79 Å². The molecule has 0 spiro atoms. The van der Waals surface area contributed by atoms with Crippen LogP contribution in [-0.2, 0) is 9.53 Å². The van der Waals surface area contributed by atoms with E-state index < -0.39 is 0 Å². The lowest BCUT2D eigenvalue weighted by Gasteiger charge is -2.53. The molecule has 2 rings (SSSR count). The standard InChI is InChI=1S/C13H22O2/c1-9-5-7-13(4)8-6-10(14)12(2,3)11(13)15-9/h9,11H,5-8H2,1-4H3. The van der Waals surface area contributed by atoms with Gasteiger partial charge in [0, 0.05) is 6.42 Å². The molecule has 2 aliphatic rings. The van der Waals surface area contributed by atoms with E-state index in [0.717, 1.165) is 19.3 Å². The van der Waals surface area contributed by atoms with Crippen molar-refractivity contribution in [2.45, 2.75) is 65.6 Å². The second-order valence-corrected chi connectivity index (χ2v) is 6.16. The average molecular weight is 210 g/mol. The van der Waals surface area contributed by atoms with Gasteiger partial charge in [-0.05, 0) is 31.6 Å². The van der Waals surface area contributed by atoms with E-state index in [1.165, 1.54) is 6.42 Å². The minimum Gasteiger partial charge on any atom is -0.374 e. The van der Waals surface area contributed by atoms with Gasteiger partial charge in [-0.3, -0.25) is 4.79 Å². The lowest BCUT2D eigenvalue weighted by atomic mass is 9.58. The predicted octanol–water partition coefficient (Wildman–Crippen LogP) is 2.95. The Morgan fingerprint density at radius 1 is 1.27 bits per heavy atom. The minimum atomic E-state index is -0.290. The molecule has 0 bridgehead atoms. The number of rotatable bonds is 0. The molecule has 1 saturated heterocycles. The Bertz CT molecular complexity index is 282. The topological polar surface area (TPSA) is 26.3 Å². The highest BCUT2D eigenvalue weighted by molar-refractivity contribution is 5.85. The molecule has 2 heteroatoms. The number of fused-ring (bicyclic) bond motifs is 1. The van der Waals surface area contributed by atoms with Crippen molar-refractivity contribution < 1.29 is 9.53 Å². The molecule has 0 aromatic rings. The van der Waals surface area contributed by atoms with Crippen molar-refractivity contribution in [3.05, 3.63) is 0 Å². The smallest absolute Gasteiger partial charge is 0.141 e. The van der Waals surface area contributed by atoms with Crippen LogP contribution in [0.15, 0.2) is 0 Å². The molecule has 0 radical (unpaired) electrons. The SMILES string of the molecule is CC1CCC2(C)CCC(=O)C(C)(C)C2O1. The van der Waals surface area contributed by atoms with Crippen molar-refractivity contribution in [3.8, 4) is 0 Å². The van der Waals surface area contributed by atoms with Crippen molar-refractivity contribution in [1.29, 1.82) is 0 Å². The van der Waals surface area contributed by atoms with Crippen molar-refractivity contribution in [2.24, 2.45) is 10.8 Å². The van der Waals surface area contributed by atoms with Gasteiger partial charge in [0.15, 0.2) is 0 Å². The Labute approximate surface area is 92.4 Å². The van der Waals surface area contributed by atoms with Crippen molar-refractivity contribution in [3.63, 3.8) is 0 Å². The van der Waals surface area contributed by atoms with Gasteiger partial charge in [0.1, 0.15) is 5.78 Å². The summed E-state index contributed by atoms with van der Waals surface area (Å²) < 4.78 is 6.06. The summed E-state index contributed by atoms with van der Waals surface area (Å²) in [5, 5.41) is 0. The highest BCUT2D eigenvalue weighted by atomic mass is 16.5. The molecular weight excluding hydrogens is 188 g/mol. The lowest BCUT2D eigenvalue weighted by molar-refractivity contribution is -0.189. The Morgan fingerprint density at radius 2 is 1.93 bits per heavy atom. The van der Waals surface area contributed by atoms with Gasteiger partial charge in [-0.1, -0.05) is 20.8 Å². The summed E-state index contributed by atoms with van der Waals surface area (Å²) in [6.45, 7) is 8.51. The molecule has 3 unspecified atom stereocenters. The quantitative estimate of drug-likeness (QED) is 0.614. The fourth-order valence-corrected chi connectivity index (χ4v) is 3.29. The van der Waals surface area contributed by atoms with E-state index in [1.54, 1.807) is 0 Å². The molecule has 0 aromatic heterocycles. The van der Waals surface area contributed by atoms with Gasteiger partial charge in [0.05, 0.1) is 17.6 Å². The van der Waals surface area contributed by atoms with Gasteiger partial charge >= 0.3 is 0 Å². The van der Waals surface area contributed by atoms with Crippen LogP contribution in [0.3, 0.4) is 0 Å². The van der Waals surface area contributed by atoms with Crippen LogP contribution in [-0.4, -0.2) is 18.0 Å². The maximum atomic E-state index is 11.9. The van der Waals surface area contributed by atoms with Crippen LogP contribution in [0.1, 0.15) is 53.4 Å². The van der Waals surface area contributed by atoms with Crippen molar-refractivity contribution >= 4 is 5.78 Å². The van der Waals surface area contributed by atoms with E-state index in [0.29, 0.717) is 11.9 Å². The molecule has 1 aliphatic carbocycles. The largest absolute Gasteiger partial charge is 0.374 e. The van der Waals surface area contributed by atoms with Gasteiger partial charge in [0.25, 0.3) is 0 Å². The average Bonchev–Trinajstić information content (AvgIpc) is 2.16. The van der Waals surface area contributed by atoms with Crippen LogP contribution in [0.5, 0.6) is 0 Å². The summed E-state index contributed by atoms with van der Waals surface area (Å²) in [6.07, 6.45) is 4.51. The summed E-state index contributed by atoms with van der Waals surface area (Å²) >= 11 is 0. The van der Waals surface area contributed by atoms with Crippen LogP contribution in [0.4, 0.5) is 0 Å². The van der Waals surface area contributed by atoms with E-state index in [-0.39, 0.29) is 16.9 Å². The Kier molecular flexibility index (Phi) is 2.45. The number of ketones is 1. The second kappa shape index (κ2) is 3.31. The van der Waals surface area contributed by atoms with Gasteiger partial charge in [-0.25, -0.2) is 0 Å². The summed E-state index contributed by atoms with van der Waals surface area (Å²) in [6, 6.07) is 0. The zero-order chi connectivity index (χ0) is 11.3. The molecule has 2 fully saturated rings. The first-order valence-electron chi connectivity index (χ1n) is 6.05. The second-order valence-electron chi connectivity index (χ2n) is 6.16.